The molecule has 3 unspecified atom stereocenters. The highest BCUT2D eigenvalue weighted by atomic mass is 35.5. The van der Waals surface area contributed by atoms with Gasteiger partial charge in [-0.3, -0.25) is 78.5 Å². The maximum Gasteiger partial charge on any atom is 0.407 e. The second-order valence-electron chi connectivity index (χ2n) is 30.5. The molecule has 10 amide bonds. The number of nitrogens with zero attached hydrogens (tertiary/aromatic N) is 8. The van der Waals surface area contributed by atoms with Crippen LogP contribution in [0.4, 0.5) is 21.9 Å². The van der Waals surface area contributed by atoms with E-state index in [4.69, 9.17) is 25.1 Å². The Kier molecular flexibility index (Phi) is 31.3. The zero-order valence-electron chi connectivity index (χ0n) is 63.8. The molecule has 31 nitrogen and oxygen atoms in total. The Balaban J connectivity index is 0.000000199. The summed E-state index contributed by atoms with van der Waals surface area (Å²) in [6.07, 6.45) is 3.47. The zero-order valence-corrected chi connectivity index (χ0v) is 64.6. The molecule has 9 aliphatic rings. The van der Waals surface area contributed by atoms with Crippen LogP contribution in [0.25, 0.3) is 0 Å². The molecule has 9 aliphatic heterocycles. The molecule has 0 aromatic heterocycles. The second kappa shape index (κ2) is 39.3. The monoisotopic (exact) mass is 1520 g/mol. The number of hydrogen-bond acceptors (Lipinski definition) is 24. The van der Waals surface area contributed by atoms with Gasteiger partial charge in [-0.05, 0) is 159 Å². The third-order valence-electron chi connectivity index (χ3n) is 18.9. The SMILES string of the molecule is CC(C)(C)OC(=O)CCC=O.CC(C)(C)OC(=O)CCCO.CC(C)(C)OC(=O)NCCN1CCN(c2ccc3c(c2)CN(C2CCC(=O)NC2=O)C3=O)CC1.Cl.NCCN1CCN(c2ccc3c(c2)CN(C2CCC(=O)NC2=O)C3=O)CC1.O=C1CCC(N2Cc3cc(N4CCNCC4)ccc3C2=O)C(=O)N1. The van der Waals surface area contributed by atoms with Crippen LogP contribution < -0.4 is 47.0 Å². The van der Waals surface area contributed by atoms with E-state index in [9.17, 15) is 62.3 Å². The van der Waals surface area contributed by atoms with E-state index in [2.05, 4.69) is 63.2 Å². The van der Waals surface area contributed by atoms with Crippen molar-refractivity contribution in [3.05, 3.63) is 88.0 Å². The normalized spacial score (nSPS) is 20.2. The highest BCUT2D eigenvalue weighted by molar-refractivity contribution is 6.08. The molecule has 9 heterocycles. The van der Waals surface area contributed by atoms with Crippen LogP contribution >= 0.6 is 12.4 Å². The first kappa shape index (κ1) is 86.1. The third kappa shape index (κ3) is 25.0. The highest BCUT2D eigenvalue weighted by Gasteiger charge is 2.43. The number of hydrogen-bond donors (Lipinski definition) is 7. The third-order valence-corrected chi connectivity index (χ3v) is 18.9. The molecule has 32 heteroatoms. The molecule has 3 atom stereocenters. The number of carbonyl (C=O) groups excluding carboxylic acids is 13. The Morgan fingerprint density at radius 3 is 1.19 bits per heavy atom. The molecule has 3 aromatic carbocycles. The van der Waals surface area contributed by atoms with Gasteiger partial charge in [-0.2, -0.15) is 0 Å². The number of fused-ring (bicyclic) bond motifs is 3. The molecule has 0 bridgehead atoms. The molecule has 12 rings (SSSR count). The van der Waals surface area contributed by atoms with Crippen LogP contribution in [-0.4, -0.2) is 253 Å². The van der Waals surface area contributed by atoms with Crippen molar-refractivity contribution in [1.29, 1.82) is 0 Å². The summed E-state index contributed by atoms with van der Waals surface area (Å²) in [5.41, 5.74) is 12.3. The number of benzene rings is 3. The minimum Gasteiger partial charge on any atom is -0.460 e. The summed E-state index contributed by atoms with van der Waals surface area (Å²) in [7, 11) is 0. The number of piperidine rings is 3. The summed E-state index contributed by atoms with van der Waals surface area (Å²) in [5.74, 6) is -2.90. The van der Waals surface area contributed by atoms with Gasteiger partial charge in [0.2, 0.25) is 35.4 Å². The van der Waals surface area contributed by atoms with Crippen molar-refractivity contribution in [3.8, 4) is 0 Å². The fourth-order valence-electron chi connectivity index (χ4n) is 13.7. The van der Waals surface area contributed by atoms with Crippen molar-refractivity contribution in [2.45, 2.75) is 181 Å². The quantitative estimate of drug-likeness (QED) is 0.0441. The number of anilines is 3. The van der Waals surface area contributed by atoms with E-state index in [0.29, 0.717) is 87.8 Å². The summed E-state index contributed by atoms with van der Waals surface area (Å²) in [5, 5.41) is 21.5. The number of rotatable bonds is 17. The van der Waals surface area contributed by atoms with E-state index < -0.39 is 46.9 Å². The maximum absolute atomic E-state index is 12.9. The van der Waals surface area contributed by atoms with E-state index in [1.807, 2.05) is 84.0 Å². The maximum atomic E-state index is 12.9. The van der Waals surface area contributed by atoms with E-state index >= 15 is 0 Å². The predicted octanol–water partition coefficient (Wildman–Crippen LogP) is 3.31. The van der Waals surface area contributed by atoms with Crippen molar-refractivity contribution >= 4 is 107 Å². The smallest absolute Gasteiger partial charge is 0.407 e. The number of aliphatic hydroxyl groups excluding tert-OH is 1. The Bertz CT molecular complexity index is 3740. The molecule has 108 heavy (non-hydrogen) atoms. The first-order valence-corrected chi connectivity index (χ1v) is 37.1. The number of esters is 2. The Labute approximate surface area is 637 Å². The number of alkyl carbamates (subject to hydrolysis) is 1. The van der Waals surface area contributed by atoms with Gasteiger partial charge in [0.1, 0.15) is 41.2 Å². The van der Waals surface area contributed by atoms with Gasteiger partial charge in [-0.15, -0.1) is 12.4 Å². The standard InChI is InChI=1S/C24H33N5O5.C19H25N5O3.C17H20N4O3.C8H16O3.C8H14O3.ClH/c1-24(2,3)34-23(33)25-8-9-27-10-12-28(13-11-27)17-4-5-18-16(14-17)15-29(22(18)32)19-6-7-20(30)26-21(19)31;20-5-6-22-7-9-23(10-8-22)14-1-2-15-13(11-14)12-24(19(15)27)16-3-4-17(25)21-18(16)26;22-15-4-3-14(16(23)19-15)21-10-11-9-12(1-2-13(11)17(21)24)20-7-5-18-6-8-20;2*1-8(2,3)11-7(10)5-4-6-9;/h4-5,14,19H,6-13,15H2,1-3H3,(H,25,33)(H,26,30,31);1-2,11,16H,3-10,12,20H2,(H,21,25,26);1-2,9,14,18H,3-8,10H2,(H,19,22,23);9H,4-6H2,1-3H3;6H,4-5H2,1-3H3;1H. The van der Waals surface area contributed by atoms with Gasteiger partial charge >= 0.3 is 18.0 Å². The molecule has 0 radical (unpaired) electrons. The molecular formula is C76H109ClN14O17. The van der Waals surface area contributed by atoms with Crippen molar-refractivity contribution in [2.24, 2.45) is 5.73 Å². The van der Waals surface area contributed by atoms with Crippen LogP contribution in [0.5, 0.6) is 0 Å². The fourth-order valence-corrected chi connectivity index (χ4v) is 13.7. The van der Waals surface area contributed by atoms with Crippen LogP contribution in [-0.2, 0) is 77.0 Å². The molecule has 0 spiro atoms. The molecule has 3 aromatic rings. The van der Waals surface area contributed by atoms with E-state index in [-0.39, 0.29) is 110 Å². The number of carbonyl (C=O) groups is 13. The molecule has 8 N–H and O–H groups in total. The predicted molar refractivity (Wildman–Crippen MR) is 404 cm³/mol. The summed E-state index contributed by atoms with van der Waals surface area (Å²) in [6, 6.07) is 16.0. The van der Waals surface area contributed by atoms with Gasteiger partial charge < -0.3 is 69.9 Å². The number of piperazine rings is 3. The minimum absolute atomic E-state index is 0. The lowest BCUT2D eigenvalue weighted by atomic mass is 10.0. The number of nitrogens with two attached hydrogens (primary N) is 1. The van der Waals surface area contributed by atoms with Gasteiger partial charge in [0.25, 0.3) is 17.7 Å². The summed E-state index contributed by atoms with van der Waals surface area (Å²) >= 11 is 0. The number of imide groups is 3. The highest BCUT2D eigenvalue weighted by Crippen LogP contribution is 2.35. The van der Waals surface area contributed by atoms with Crippen LogP contribution in [0.15, 0.2) is 54.6 Å². The van der Waals surface area contributed by atoms with Crippen molar-refractivity contribution in [3.63, 3.8) is 0 Å². The minimum atomic E-state index is -0.598. The molecule has 6 saturated heterocycles. The summed E-state index contributed by atoms with van der Waals surface area (Å²) < 4.78 is 15.2. The average Bonchev–Trinajstić information content (AvgIpc) is 1.64. The van der Waals surface area contributed by atoms with Gasteiger partial charge in [-0.25, -0.2) is 4.79 Å². The van der Waals surface area contributed by atoms with Crippen molar-refractivity contribution in [1.82, 2.24) is 51.1 Å². The lowest BCUT2D eigenvalue weighted by Crippen LogP contribution is -2.52. The van der Waals surface area contributed by atoms with Crippen molar-refractivity contribution < 1.29 is 81.6 Å². The molecular weight excluding hydrogens is 1420 g/mol. The Morgan fingerprint density at radius 1 is 0.509 bits per heavy atom. The molecule has 6 fully saturated rings. The van der Waals surface area contributed by atoms with Crippen LogP contribution in [0.3, 0.4) is 0 Å². The molecule has 0 saturated carbocycles. The average molecular weight is 1530 g/mol. The van der Waals surface area contributed by atoms with Gasteiger partial charge in [0, 0.05) is 197 Å². The lowest BCUT2D eigenvalue weighted by Gasteiger charge is -2.36. The van der Waals surface area contributed by atoms with Crippen LogP contribution in [0, 0.1) is 0 Å². The fraction of sp³-hybridized carbons (Fsp3) is 0.592. The largest absolute Gasteiger partial charge is 0.460 e. The zero-order chi connectivity index (χ0) is 77.9. The van der Waals surface area contributed by atoms with E-state index in [0.717, 1.165) is 125 Å². The summed E-state index contributed by atoms with van der Waals surface area (Å²) in [4.78, 5) is 169. The number of ether oxygens (including phenoxy) is 3. The van der Waals surface area contributed by atoms with Crippen molar-refractivity contribution in [2.75, 3.05) is 126 Å². The topological polar surface area (TPSA) is 382 Å². The second-order valence-corrected chi connectivity index (χ2v) is 30.5. The number of aldehydes is 1. The lowest BCUT2D eigenvalue weighted by molar-refractivity contribution is -0.156. The molecule has 592 valence electrons. The number of nitrogens with one attached hydrogen (secondary N) is 5. The molecule has 0 aliphatic carbocycles. The first-order valence-electron chi connectivity index (χ1n) is 37.1. The summed E-state index contributed by atoms with van der Waals surface area (Å²) in [6.45, 7) is 31.6. The van der Waals surface area contributed by atoms with E-state index in [1.54, 1.807) is 35.5 Å². The Hall–Kier alpha value is -9.14. The van der Waals surface area contributed by atoms with Gasteiger partial charge in [0.05, 0.1) is 6.42 Å². The van der Waals surface area contributed by atoms with Crippen LogP contribution in [0.2, 0.25) is 0 Å². The van der Waals surface area contributed by atoms with Gasteiger partial charge in [-0.1, -0.05) is 0 Å². The van der Waals surface area contributed by atoms with E-state index in [1.165, 1.54) is 0 Å². The van der Waals surface area contributed by atoms with Gasteiger partial charge in [0.15, 0.2) is 0 Å². The number of aliphatic hydroxyl groups is 1. The van der Waals surface area contributed by atoms with Crippen LogP contribution in [0.1, 0.15) is 174 Å². The number of amides is 10. The number of halogens is 1. The first-order chi connectivity index (χ1) is 50.7. The Morgan fingerprint density at radius 2 is 0.861 bits per heavy atom.